The van der Waals surface area contributed by atoms with E-state index in [0.717, 1.165) is 0 Å². The first-order chi connectivity index (χ1) is 0. The van der Waals surface area contributed by atoms with E-state index in [1.807, 2.05) is 0 Å². The molecule has 0 aromatic carbocycles. The van der Waals surface area contributed by atoms with Crippen LogP contribution in [0.2, 0.25) is 0 Å². The van der Waals surface area contributed by atoms with Crippen LogP contribution in [0.5, 0.6) is 0 Å². The Hall–Kier alpha value is 3.25. The third-order valence-electron chi connectivity index (χ3n) is 0. The van der Waals surface area contributed by atoms with Gasteiger partial charge in [-0.15, -0.1) is 0 Å². The monoisotopic (exact) mass is 356 g/mol. The summed E-state index contributed by atoms with van der Waals surface area (Å²) in [6.07, 6.45) is 0. The third-order valence-corrected chi connectivity index (χ3v) is 0. The smallest absolute Gasteiger partial charge is 0 e. The molecule has 0 nitrogen and oxygen atoms in total. The predicted octanol–water partition coefficient (Wildman–Crippen LogP) is -0.767. The summed E-state index contributed by atoms with van der Waals surface area (Å²) >= 11 is 0. The molecule has 4 heteroatoms. The first kappa shape index (κ1) is 26.8. The quantitative estimate of drug-likeness (QED) is 0.501. The van der Waals surface area contributed by atoms with Crippen LogP contribution in [0.4, 0.5) is 0 Å². The van der Waals surface area contributed by atoms with Gasteiger partial charge in [-0.2, -0.15) is 0 Å². The van der Waals surface area contributed by atoms with Gasteiger partial charge in [-0.05, 0) is 0 Å². The van der Waals surface area contributed by atoms with Crippen molar-refractivity contribution in [2.75, 3.05) is 0 Å². The molecule has 20 valence electrons. The van der Waals surface area contributed by atoms with Gasteiger partial charge in [0.15, 0.2) is 0 Å². The fraction of sp³-hybridized carbons (Fsp3) is 0. The van der Waals surface area contributed by atoms with Crippen molar-refractivity contribution in [1.29, 1.82) is 0 Å². The fourth-order valence-corrected chi connectivity index (χ4v) is 0. The predicted molar refractivity (Wildman–Crippen MR) is 11.5 cm³/mol. The van der Waals surface area contributed by atoms with E-state index in [2.05, 4.69) is 0 Å². The van der Waals surface area contributed by atoms with Gasteiger partial charge < -0.3 is 0 Å². The van der Waals surface area contributed by atoms with E-state index in [4.69, 9.17) is 0 Å². The van der Waals surface area contributed by atoms with Gasteiger partial charge in [-0.1, -0.05) is 0 Å². The maximum atomic E-state index is 0. The topological polar surface area (TPSA) is 0 Å². The Morgan fingerprint density at radius 1 is 1.00 bits per heavy atom. The molecule has 0 rings (SSSR count). The SMILES string of the molecule is [Bi].[Ca].[Fe].[V]. The van der Waals surface area contributed by atoms with Crippen LogP contribution in [-0.2, 0) is 35.6 Å². The van der Waals surface area contributed by atoms with Gasteiger partial charge in [-0.3, -0.25) is 0 Å². The Morgan fingerprint density at radius 3 is 1.00 bits per heavy atom. The second-order valence-electron chi connectivity index (χ2n) is 0. The zero-order chi connectivity index (χ0) is 0. The molecule has 0 aliphatic heterocycles. The molecular formula is BiCaFeV. The van der Waals surface area contributed by atoms with Crippen molar-refractivity contribution >= 4 is 63.9 Å². The summed E-state index contributed by atoms with van der Waals surface area (Å²) in [4.78, 5) is 0. The van der Waals surface area contributed by atoms with Gasteiger partial charge in [0, 0.05) is 99.6 Å². The molecule has 6 radical (unpaired) electrons. The van der Waals surface area contributed by atoms with E-state index in [1.165, 1.54) is 0 Å². The number of hydrogen-bond donors (Lipinski definition) is 0. The van der Waals surface area contributed by atoms with Crippen LogP contribution < -0.4 is 0 Å². The second kappa shape index (κ2) is 16.3. The Kier molecular flexibility index (Phi) is 109. The molecule has 0 atom stereocenters. The molecule has 0 fully saturated rings. The average molecular weight is 356 g/mol. The van der Waals surface area contributed by atoms with Crippen molar-refractivity contribution in [3.8, 4) is 0 Å². The first-order valence-electron chi connectivity index (χ1n) is 0. The van der Waals surface area contributed by atoms with Crippen LogP contribution in [-0.4, -0.2) is 63.9 Å². The molecule has 0 N–H and O–H groups in total. The summed E-state index contributed by atoms with van der Waals surface area (Å²) < 4.78 is 0. The largest absolute Gasteiger partial charge is 0 e. The number of rotatable bonds is 0. The molecule has 0 aromatic rings. The van der Waals surface area contributed by atoms with Crippen LogP contribution >= 0.6 is 0 Å². The van der Waals surface area contributed by atoms with E-state index >= 15 is 0 Å². The third kappa shape index (κ3) is 8.98. The van der Waals surface area contributed by atoms with Crippen molar-refractivity contribution in [2.45, 2.75) is 0 Å². The summed E-state index contributed by atoms with van der Waals surface area (Å²) in [5.74, 6) is 0. The zero-order valence-electron chi connectivity index (χ0n) is 1.96. The van der Waals surface area contributed by atoms with Gasteiger partial charge in [-0.25, -0.2) is 0 Å². The maximum Gasteiger partial charge on any atom is 0 e. The maximum absolute atomic E-state index is 0. The van der Waals surface area contributed by atoms with Crippen LogP contribution in [0, 0.1) is 0 Å². The Morgan fingerprint density at radius 2 is 1.00 bits per heavy atom. The molecule has 0 aliphatic rings. The number of hydrogen-bond acceptors (Lipinski definition) is 0. The minimum Gasteiger partial charge on any atom is 0 e. The van der Waals surface area contributed by atoms with Crippen molar-refractivity contribution in [3.05, 3.63) is 0 Å². The molecule has 0 saturated heterocycles. The van der Waals surface area contributed by atoms with E-state index < -0.39 is 0 Å². The van der Waals surface area contributed by atoms with Gasteiger partial charge in [0.05, 0.1) is 0 Å². The van der Waals surface area contributed by atoms with Crippen LogP contribution in [0.3, 0.4) is 0 Å². The summed E-state index contributed by atoms with van der Waals surface area (Å²) in [5, 5.41) is 0. The zero-order valence-corrected chi connectivity index (χ0v) is 10.1. The normalized spacial score (nSPS) is 0. The molecule has 0 heterocycles. The van der Waals surface area contributed by atoms with Crippen molar-refractivity contribution in [1.82, 2.24) is 0 Å². The molecule has 0 saturated carbocycles. The van der Waals surface area contributed by atoms with E-state index in [9.17, 15) is 0 Å². The minimum atomic E-state index is 0. The van der Waals surface area contributed by atoms with Gasteiger partial charge in [0.1, 0.15) is 0 Å². The second-order valence-corrected chi connectivity index (χ2v) is 0. The van der Waals surface area contributed by atoms with Crippen molar-refractivity contribution in [3.63, 3.8) is 0 Å². The van der Waals surface area contributed by atoms with E-state index in [-0.39, 0.29) is 99.6 Å². The molecule has 0 spiro atoms. The van der Waals surface area contributed by atoms with Crippen LogP contribution in [0.1, 0.15) is 0 Å². The average Bonchev–Trinajstić information content (AvgIpc) is 0. The molecular weight excluding hydrogens is 356 g/mol. The first-order valence-corrected chi connectivity index (χ1v) is 0. The summed E-state index contributed by atoms with van der Waals surface area (Å²) in [7, 11) is 0. The summed E-state index contributed by atoms with van der Waals surface area (Å²) in [6.45, 7) is 0. The molecule has 4 heavy (non-hydrogen) atoms. The molecule has 0 bridgehead atoms. The Bertz CT molecular complexity index is 8.00. The van der Waals surface area contributed by atoms with E-state index in [1.54, 1.807) is 0 Å². The fourth-order valence-electron chi connectivity index (χ4n) is 0. The van der Waals surface area contributed by atoms with Crippen molar-refractivity contribution < 1.29 is 35.6 Å². The summed E-state index contributed by atoms with van der Waals surface area (Å²) in [6, 6.07) is 0. The standard InChI is InChI=1S/Bi.Ca.Fe.V. The molecule has 0 amide bonds. The van der Waals surface area contributed by atoms with Crippen molar-refractivity contribution in [2.24, 2.45) is 0 Å². The minimum absolute atomic E-state index is 0. The van der Waals surface area contributed by atoms with Gasteiger partial charge >= 0.3 is 0 Å². The summed E-state index contributed by atoms with van der Waals surface area (Å²) in [5.41, 5.74) is 0. The van der Waals surface area contributed by atoms with Gasteiger partial charge in [0.2, 0.25) is 0 Å². The van der Waals surface area contributed by atoms with Crippen LogP contribution in [0.15, 0.2) is 0 Å². The molecule has 0 aliphatic carbocycles. The molecule has 0 aromatic heterocycles. The van der Waals surface area contributed by atoms with E-state index in [0.29, 0.717) is 0 Å². The van der Waals surface area contributed by atoms with Crippen LogP contribution in [0.25, 0.3) is 0 Å². The molecule has 0 unspecified atom stereocenters. The van der Waals surface area contributed by atoms with Gasteiger partial charge in [0.25, 0.3) is 0 Å². The Labute approximate surface area is 97.3 Å². The Balaban J connectivity index is 0.